The van der Waals surface area contributed by atoms with Gasteiger partial charge in [-0.3, -0.25) is 0 Å². The Balaban J connectivity index is 1.76. The highest BCUT2D eigenvalue weighted by atomic mass is 16.6. The van der Waals surface area contributed by atoms with E-state index in [0.29, 0.717) is 12.0 Å². The van der Waals surface area contributed by atoms with Gasteiger partial charge in [0.2, 0.25) is 0 Å². The van der Waals surface area contributed by atoms with Gasteiger partial charge < -0.3 is 15.0 Å². The van der Waals surface area contributed by atoms with Gasteiger partial charge in [-0.05, 0) is 57.0 Å². The van der Waals surface area contributed by atoms with Crippen LogP contribution in [0.4, 0.5) is 4.79 Å². The first-order chi connectivity index (χ1) is 9.71. The first kappa shape index (κ1) is 14.2. The highest BCUT2D eigenvalue weighted by Gasteiger charge is 2.44. The van der Waals surface area contributed by atoms with Gasteiger partial charge in [-0.15, -0.1) is 0 Å². The third-order valence-electron chi connectivity index (χ3n) is 5.77. The molecule has 4 nitrogen and oxygen atoms in total. The Hall–Kier alpha value is -0.770. The molecule has 2 heterocycles. The molecule has 2 aliphatic heterocycles. The fourth-order valence-corrected chi connectivity index (χ4v) is 4.44. The van der Waals surface area contributed by atoms with Crippen LogP contribution in [-0.2, 0) is 4.74 Å². The number of nitrogens with zero attached hydrogens (tertiary/aromatic N) is 1. The Morgan fingerprint density at radius 1 is 1.25 bits per heavy atom. The molecule has 1 atom stereocenters. The second-order valence-electron chi connectivity index (χ2n) is 7.00. The van der Waals surface area contributed by atoms with Gasteiger partial charge in [0.15, 0.2) is 0 Å². The van der Waals surface area contributed by atoms with Gasteiger partial charge in [0.25, 0.3) is 0 Å². The number of carbonyl (C=O) groups excluding carboxylic acids is 1. The molecule has 1 amide bonds. The zero-order valence-electron chi connectivity index (χ0n) is 12.7. The molecule has 3 aliphatic rings. The number of hydrogen-bond acceptors (Lipinski definition) is 3. The molecule has 20 heavy (non-hydrogen) atoms. The standard InChI is InChI=1S/C16H28N2O2/c1-13-11-20-15(19)18(13)12-16(7-9-17-10-8-16)14-5-3-2-4-6-14/h13-14,17H,2-12H2,1H3/t13-/m0/s1. The minimum absolute atomic E-state index is 0.0915. The third-order valence-corrected chi connectivity index (χ3v) is 5.77. The Bertz CT molecular complexity index is 346. The van der Waals surface area contributed by atoms with Crippen molar-refractivity contribution < 1.29 is 9.53 Å². The van der Waals surface area contributed by atoms with Crippen molar-refractivity contribution in [2.45, 2.75) is 57.9 Å². The van der Waals surface area contributed by atoms with Gasteiger partial charge in [-0.2, -0.15) is 0 Å². The van der Waals surface area contributed by atoms with Crippen molar-refractivity contribution in [2.75, 3.05) is 26.2 Å². The minimum atomic E-state index is -0.0915. The molecular formula is C16H28N2O2. The van der Waals surface area contributed by atoms with Crippen molar-refractivity contribution in [1.29, 1.82) is 0 Å². The molecule has 0 aromatic heterocycles. The van der Waals surface area contributed by atoms with E-state index in [1.165, 1.54) is 44.9 Å². The molecule has 4 heteroatoms. The highest BCUT2D eigenvalue weighted by molar-refractivity contribution is 5.70. The van der Waals surface area contributed by atoms with Crippen molar-refractivity contribution in [2.24, 2.45) is 11.3 Å². The lowest BCUT2D eigenvalue weighted by Gasteiger charge is -2.47. The summed E-state index contributed by atoms with van der Waals surface area (Å²) < 4.78 is 5.22. The van der Waals surface area contributed by atoms with E-state index >= 15 is 0 Å². The van der Waals surface area contributed by atoms with Gasteiger partial charge in [0.1, 0.15) is 6.61 Å². The normalized spacial score (nSPS) is 31.4. The lowest BCUT2D eigenvalue weighted by molar-refractivity contribution is 0.0377. The fourth-order valence-electron chi connectivity index (χ4n) is 4.44. The Labute approximate surface area is 122 Å². The first-order valence-corrected chi connectivity index (χ1v) is 8.35. The maximum absolute atomic E-state index is 12.0. The number of ether oxygens (including phenoxy) is 1. The van der Waals surface area contributed by atoms with Gasteiger partial charge in [-0.25, -0.2) is 4.79 Å². The maximum atomic E-state index is 12.0. The number of carbonyl (C=O) groups is 1. The molecule has 0 bridgehead atoms. The van der Waals surface area contributed by atoms with Crippen LogP contribution in [0.2, 0.25) is 0 Å². The van der Waals surface area contributed by atoms with Gasteiger partial charge in [-0.1, -0.05) is 19.3 Å². The largest absolute Gasteiger partial charge is 0.447 e. The number of cyclic esters (lactones) is 1. The fraction of sp³-hybridized carbons (Fsp3) is 0.938. The van der Waals surface area contributed by atoms with Crippen LogP contribution in [0, 0.1) is 11.3 Å². The quantitative estimate of drug-likeness (QED) is 0.864. The first-order valence-electron chi connectivity index (χ1n) is 8.35. The topological polar surface area (TPSA) is 41.6 Å². The lowest BCUT2D eigenvalue weighted by Crippen LogP contribution is -2.51. The summed E-state index contributed by atoms with van der Waals surface area (Å²) in [6.45, 7) is 5.80. The lowest BCUT2D eigenvalue weighted by atomic mass is 9.63. The van der Waals surface area contributed by atoms with Crippen LogP contribution in [0.3, 0.4) is 0 Å². The summed E-state index contributed by atoms with van der Waals surface area (Å²) >= 11 is 0. The number of hydrogen-bond donors (Lipinski definition) is 1. The van der Waals surface area contributed by atoms with E-state index in [0.717, 1.165) is 25.6 Å². The minimum Gasteiger partial charge on any atom is -0.447 e. The smallest absolute Gasteiger partial charge is 0.410 e. The van der Waals surface area contributed by atoms with E-state index in [9.17, 15) is 4.79 Å². The van der Waals surface area contributed by atoms with Gasteiger partial charge >= 0.3 is 6.09 Å². The van der Waals surface area contributed by atoms with Crippen molar-refractivity contribution in [3.8, 4) is 0 Å². The van der Waals surface area contributed by atoms with E-state index in [4.69, 9.17) is 4.74 Å². The summed E-state index contributed by atoms with van der Waals surface area (Å²) in [6, 6.07) is 0.248. The molecule has 0 spiro atoms. The van der Waals surface area contributed by atoms with Crippen LogP contribution in [0.15, 0.2) is 0 Å². The summed E-state index contributed by atoms with van der Waals surface area (Å²) in [7, 11) is 0. The molecule has 1 saturated carbocycles. The van der Waals surface area contributed by atoms with E-state index in [1.54, 1.807) is 0 Å². The molecule has 0 unspecified atom stereocenters. The van der Waals surface area contributed by atoms with E-state index in [1.807, 2.05) is 4.90 Å². The van der Waals surface area contributed by atoms with Gasteiger partial charge in [0, 0.05) is 6.54 Å². The predicted molar refractivity (Wildman–Crippen MR) is 78.6 cm³/mol. The zero-order chi connectivity index (χ0) is 14.0. The number of rotatable bonds is 3. The SMILES string of the molecule is C[C@H]1COC(=O)N1CC1(C2CCCCC2)CCNCC1. The Morgan fingerprint density at radius 2 is 1.95 bits per heavy atom. The number of piperidine rings is 1. The second-order valence-corrected chi connectivity index (χ2v) is 7.00. The molecule has 3 fully saturated rings. The summed E-state index contributed by atoms with van der Waals surface area (Å²) in [5.74, 6) is 0.805. The van der Waals surface area contributed by atoms with Crippen LogP contribution in [0.5, 0.6) is 0 Å². The molecule has 0 radical (unpaired) electrons. The average molecular weight is 280 g/mol. The average Bonchev–Trinajstić information content (AvgIpc) is 2.81. The molecule has 3 rings (SSSR count). The van der Waals surface area contributed by atoms with Crippen LogP contribution < -0.4 is 5.32 Å². The van der Waals surface area contributed by atoms with Crippen molar-refractivity contribution in [3.63, 3.8) is 0 Å². The van der Waals surface area contributed by atoms with Crippen LogP contribution in [-0.4, -0.2) is 43.3 Å². The van der Waals surface area contributed by atoms with Gasteiger partial charge in [0.05, 0.1) is 6.04 Å². The molecule has 114 valence electrons. The highest BCUT2D eigenvalue weighted by Crippen LogP contribution is 2.45. The van der Waals surface area contributed by atoms with Crippen LogP contribution >= 0.6 is 0 Å². The monoisotopic (exact) mass is 280 g/mol. The predicted octanol–water partition coefficient (Wildman–Crippen LogP) is 2.78. The summed E-state index contributed by atoms with van der Waals surface area (Å²) in [4.78, 5) is 14.0. The summed E-state index contributed by atoms with van der Waals surface area (Å²) in [5, 5.41) is 3.49. The van der Waals surface area contributed by atoms with Crippen molar-refractivity contribution in [1.82, 2.24) is 10.2 Å². The molecule has 2 saturated heterocycles. The molecule has 0 aromatic rings. The van der Waals surface area contributed by atoms with Crippen LogP contribution in [0.1, 0.15) is 51.9 Å². The molecule has 1 aliphatic carbocycles. The van der Waals surface area contributed by atoms with Crippen molar-refractivity contribution >= 4 is 6.09 Å². The zero-order valence-corrected chi connectivity index (χ0v) is 12.7. The summed E-state index contributed by atoms with van der Waals surface area (Å²) in [6.07, 6.45) is 9.20. The Morgan fingerprint density at radius 3 is 2.55 bits per heavy atom. The van der Waals surface area contributed by atoms with Crippen LogP contribution in [0.25, 0.3) is 0 Å². The maximum Gasteiger partial charge on any atom is 0.410 e. The molecule has 0 aromatic carbocycles. The second kappa shape index (κ2) is 5.92. The Kier molecular flexibility index (Phi) is 4.20. The van der Waals surface area contributed by atoms with Crippen molar-refractivity contribution in [3.05, 3.63) is 0 Å². The van der Waals surface area contributed by atoms with E-state index in [-0.39, 0.29) is 12.1 Å². The number of amides is 1. The third kappa shape index (κ3) is 2.67. The molecule has 1 N–H and O–H groups in total. The summed E-state index contributed by atoms with van der Waals surface area (Å²) in [5.41, 5.74) is 0.337. The number of nitrogens with one attached hydrogen (secondary N) is 1. The molecular weight excluding hydrogens is 252 g/mol. The van der Waals surface area contributed by atoms with E-state index < -0.39 is 0 Å². The van der Waals surface area contributed by atoms with E-state index in [2.05, 4.69) is 12.2 Å².